The standard InChI is InChI=1S/C10H13N3O3/c1-7(2)11-10(14)12-8-5-3-4-6-9(8)13(15)16/h3-7H,1-2H3,(H2,11,12,14). The molecule has 0 radical (unpaired) electrons. The monoisotopic (exact) mass is 223 g/mol. The van der Waals surface area contributed by atoms with Gasteiger partial charge in [0.2, 0.25) is 0 Å². The first-order valence-electron chi connectivity index (χ1n) is 4.81. The molecule has 0 unspecified atom stereocenters. The summed E-state index contributed by atoms with van der Waals surface area (Å²) >= 11 is 0. The number of carbonyl (C=O) groups excluding carboxylic acids is 1. The highest BCUT2D eigenvalue weighted by Crippen LogP contribution is 2.22. The van der Waals surface area contributed by atoms with Gasteiger partial charge in [0.05, 0.1) is 4.92 Å². The molecule has 1 aromatic carbocycles. The van der Waals surface area contributed by atoms with Crippen LogP contribution in [0.15, 0.2) is 24.3 Å². The van der Waals surface area contributed by atoms with Crippen LogP contribution in [0.2, 0.25) is 0 Å². The van der Waals surface area contributed by atoms with Gasteiger partial charge in [0, 0.05) is 12.1 Å². The number of urea groups is 1. The Morgan fingerprint density at radius 1 is 1.38 bits per heavy atom. The van der Waals surface area contributed by atoms with E-state index in [0.29, 0.717) is 0 Å². The fourth-order valence-electron chi connectivity index (χ4n) is 1.16. The van der Waals surface area contributed by atoms with E-state index in [-0.39, 0.29) is 17.4 Å². The van der Waals surface area contributed by atoms with E-state index >= 15 is 0 Å². The summed E-state index contributed by atoms with van der Waals surface area (Å²) in [6.45, 7) is 3.61. The Morgan fingerprint density at radius 3 is 2.56 bits per heavy atom. The topological polar surface area (TPSA) is 84.3 Å². The second-order valence-corrected chi connectivity index (χ2v) is 3.53. The van der Waals surface area contributed by atoms with E-state index in [0.717, 1.165) is 0 Å². The molecule has 0 atom stereocenters. The highest BCUT2D eigenvalue weighted by Gasteiger charge is 2.14. The molecule has 0 aliphatic heterocycles. The van der Waals surface area contributed by atoms with Gasteiger partial charge in [-0.15, -0.1) is 0 Å². The third kappa shape index (κ3) is 3.23. The lowest BCUT2D eigenvalue weighted by Crippen LogP contribution is -2.34. The Balaban J connectivity index is 2.81. The summed E-state index contributed by atoms with van der Waals surface area (Å²) in [4.78, 5) is 21.5. The number of anilines is 1. The number of nitro benzene ring substituents is 1. The Hall–Kier alpha value is -2.11. The number of para-hydroxylation sites is 2. The van der Waals surface area contributed by atoms with Crippen LogP contribution >= 0.6 is 0 Å². The molecule has 0 aliphatic carbocycles. The van der Waals surface area contributed by atoms with Gasteiger partial charge in [-0.25, -0.2) is 4.79 Å². The number of rotatable bonds is 3. The van der Waals surface area contributed by atoms with Crippen LogP contribution in [0.5, 0.6) is 0 Å². The molecule has 1 aromatic rings. The van der Waals surface area contributed by atoms with Crippen molar-refractivity contribution in [3.05, 3.63) is 34.4 Å². The molecule has 2 amide bonds. The summed E-state index contributed by atoms with van der Waals surface area (Å²) in [5.41, 5.74) is 0.0621. The number of nitrogens with zero attached hydrogens (tertiary/aromatic N) is 1. The lowest BCUT2D eigenvalue weighted by Gasteiger charge is -2.09. The summed E-state index contributed by atoms with van der Waals surface area (Å²) in [7, 11) is 0. The predicted octanol–water partition coefficient (Wildman–Crippen LogP) is 2.12. The second-order valence-electron chi connectivity index (χ2n) is 3.53. The number of nitrogens with one attached hydrogen (secondary N) is 2. The zero-order valence-corrected chi connectivity index (χ0v) is 9.06. The molecule has 6 nitrogen and oxygen atoms in total. The Morgan fingerprint density at radius 2 is 2.00 bits per heavy atom. The van der Waals surface area contributed by atoms with Crippen molar-refractivity contribution in [2.75, 3.05) is 5.32 Å². The molecule has 0 saturated carbocycles. The van der Waals surface area contributed by atoms with Crippen molar-refractivity contribution in [2.45, 2.75) is 19.9 Å². The molecule has 0 bridgehead atoms. The summed E-state index contributed by atoms with van der Waals surface area (Å²) in [5.74, 6) is 0. The number of benzene rings is 1. The van der Waals surface area contributed by atoms with Gasteiger partial charge in [0.25, 0.3) is 5.69 Å². The predicted molar refractivity (Wildman–Crippen MR) is 60.4 cm³/mol. The van der Waals surface area contributed by atoms with Crippen LogP contribution in [0.3, 0.4) is 0 Å². The minimum absolute atomic E-state index is 0.0252. The number of hydrogen-bond acceptors (Lipinski definition) is 3. The van der Waals surface area contributed by atoms with Crippen LogP contribution in [-0.2, 0) is 0 Å². The molecular weight excluding hydrogens is 210 g/mol. The van der Waals surface area contributed by atoms with Crippen LogP contribution in [0, 0.1) is 10.1 Å². The average molecular weight is 223 g/mol. The van der Waals surface area contributed by atoms with Crippen LogP contribution in [0.4, 0.5) is 16.2 Å². The van der Waals surface area contributed by atoms with Crippen molar-refractivity contribution in [1.82, 2.24) is 5.32 Å². The number of amides is 2. The van der Waals surface area contributed by atoms with Gasteiger partial charge < -0.3 is 10.6 Å². The van der Waals surface area contributed by atoms with Gasteiger partial charge >= 0.3 is 6.03 Å². The number of nitro groups is 1. The third-order valence-corrected chi connectivity index (χ3v) is 1.77. The lowest BCUT2D eigenvalue weighted by molar-refractivity contribution is -0.383. The van der Waals surface area contributed by atoms with E-state index in [1.165, 1.54) is 12.1 Å². The SMILES string of the molecule is CC(C)NC(=O)Nc1ccccc1[N+](=O)[O-]. The molecule has 0 aliphatic rings. The van der Waals surface area contributed by atoms with Crippen LogP contribution in [0.25, 0.3) is 0 Å². The van der Waals surface area contributed by atoms with Gasteiger partial charge in [-0.05, 0) is 19.9 Å². The Kier molecular flexibility index (Phi) is 3.82. The quantitative estimate of drug-likeness (QED) is 0.608. The van der Waals surface area contributed by atoms with Crippen molar-refractivity contribution in [2.24, 2.45) is 0 Å². The molecule has 0 spiro atoms. The molecular formula is C10H13N3O3. The maximum atomic E-state index is 11.4. The van der Waals surface area contributed by atoms with Crippen LogP contribution in [-0.4, -0.2) is 17.0 Å². The average Bonchev–Trinajstić information content (AvgIpc) is 2.16. The molecule has 0 heterocycles. The minimum atomic E-state index is -0.537. The van der Waals surface area contributed by atoms with Gasteiger partial charge in [0.15, 0.2) is 0 Å². The van der Waals surface area contributed by atoms with Crippen LogP contribution in [0.1, 0.15) is 13.8 Å². The lowest BCUT2D eigenvalue weighted by atomic mass is 10.3. The molecule has 86 valence electrons. The number of carbonyl (C=O) groups is 1. The first kappa shape index (κ1) is 12.0. The first-order chi connectivity index (χ1) is 7.50. The van der Waals surface area contributed by atoms with E-state index in [4.69, 9.17) is 0 Å². The fraction of sp³-hybridized carbons (Fsp3) is 0.300. The maximum absolute atomic E-state index is 11.4. The fourth-order valence-corrected chi connectivity index (χ4v) is 1.16. The van der Waals surface area contributed by atoms with Crippen molar-refractivity contribution < 1.29 is 9.72 Å². The first-order valence-corrected chi connectivity index (χ1v) is 4.81. The van der Waals surface area contributed by atoms with E-state index in [1.54, 1.807) is 26.0 Å². The minimum Gasteiger partial charge on any atom is -0.336 e. The van der Waals surface area contributed by atoms with E-state index in [9.17, 15) is 14.9 Å². The summed E-state index contributed by atoms with van der Waals surface area (Å²) in [6, 6.07) is 5.51. The highest BCUT2D eigenvalue weighted by molar-refractivity contribution is 5.91. The van der Waals surface area contributed by atoms with Gasteiger partial charge in [-0.1, -0.05) is 12.1 Å². The number of hydrogen-bond donors (Lipinski definition) is 2. The van der Waals surface area contributed by atoms with Crippen molar-refractivity contribution >= 4 is 17.4 Å². The summed E-state index contributed by atoms with van der Waals surface area (Å²) in [6.07, 6.45) is 0. The van der Waals surface area contributed by atoms with E-state index in [2.05, 4.69) is 10.6 Å². The molecule has 0 saturated heterocycles. The second kappa shape index (κ2) is 5.11. The zero-order chi connectivity index (χ0) is 12.1. The summed E-state index contributed by atoms with van der Waals surface area (Å²) in [5, 5.41) is 15.7. The maximum Gasteiger partial charge on any atom is 0.319 e. The largest absolute Gasteiger partial charge is 0.336 e. The van der Waals surface area contributed by atoms with Gasteiger partial charge in [-0.3, -0.25) is 10.1 Å². The Bertz CT molecular complexity index is 404. The highest BCUT2D eigenvalue weighted by atomic mass is 16.6. The molecule has 16 heavy (non-hydrogen) atoms. The normalized spacial score (nSPS) is 9.94. The van der Waals surface area contributed by atoms with Crippen LogP contribution < -0.4 is 10.6 Å². The van der Waals surface area contributed by atoms with Gasteiger partial charge in [-0.2, -0.15) is 0 Å². The molecule has 0 aromatic heterocycles. The van der Waals surface area contributed by atoms with E-state index in [1.807, 2.05) is 0 Å². The molecule has 6 heteroatoms. The molecule has 0 fully saturated rings. The Labute approximate surface area is 92.8 Å². The van der Waals surface area contributed by atoms with Crippen molar-refractivity contribution in [1.29, 1.82) is 0 Å². The third-order valence-electron chi connectivity index (χ3n) is 1.77. The molecule has 1 rings (SSSR count). The summed E-state index contributed by atoms with van der Waals surface area (Å²) < 4.78 is 0. The zero-order valence-electron chi connectivity index (χ0n) is 9.06. The van der Waals surface area contributed by atoms with Crippen molar-refractivity contribution in [3.8, 4) is 0 Å². The van der Waals surface area contributed by atoms with Crippen molar-refractivity contribution in [3.63, 3.8) is 0 Å². The van der Waals surface area contributed by atoms with E-state index < -0.39 is 11.0 Å². The molecule has 2 N–H and O–H groups in total. The smallest absolute Gasteiger partial charge is 0.319 e. The van der Waals surface area contributed by atoms with Gasteiger partial charge in [0.1, 0.15) is 5.69 Å².